The fraction of sp³-hybridized carbons (Fsp3) is 0.296. The summed E-state index contributed by atoms with van der Waals surface area (Å²) in [5, 5.41) is 5.08. The molecule has 3 aromatic rings. The number of aromatic nitrogens is 1. The molecule has 40 heavy (non-hydrogen) atoms. The van der Waals surface area contributed by atoms with Gasteiger partial charge in [-0.15, -0.1) is 13.2 Å². The molecule has 0 saturated carbocycles. The largest absolute Gasteiger partial charge is 0.573 e. The number of halogens is 5. The van der Waals surface area contributed by atoms with Crippen molar-refractivity contribution in [3.8, 4) is 17.0 Å². The molecule has 6 rings (SSSR count). The van der Waals surface area contributed by atoms with Crippen molar-refractivity contribution in [3.05, 3.63) is 71.9 Å². The lowest BCUT2D eigenvalue weighted by Gasteiger charge is -2.40. The topological polar surface area (TPSA) is 89.6 Å². The Balaban J connectivity index is 1.18. The van der Waals surface area contributed by atoms with Gasteiger partial charge in [0.2, 0.25) is 0 Å². The Labute approximate surface area is 224 Å². The molecule has 1 aromatic heterocycles. The molecule has 5 atom stereocenters. The second-order valence-corrected chi connectivity index (χ2v) is 10.1. The van der Waals surface area contributed by atoms with Crippen LogP contribution in [-0.4, -0.2) is 65.0 Å². The van der Waals surface area contributed by atoms with Gasteiger partial charge in [0.15, 0.2) is 30.0 Å². The number of pyridine rings is 1. The Kier molecular flexibility index (Phi) is 6.04. The summed E-state index contributed by atoms with van der Waals surface area (Å²) >= 11 is 0. The monoisotopic (exact) mass is 561 g/mol. The number of quaternary nitrogens is 1. The molecule has 2 N–H and O–H groups in total. The van der Waals surface area contributed by atoms with Gasteiger partial charge in [0, 0.05) is 23.5 Å². The predicted octanol–water partition coefficient (Wildman–Crippen LogP) is 4.48. The van der Waals surface area contributed by atoms with Crippen LogP contribution in [0, 0.1) is 11.6 Å². The number of carbonyl (C=O) groups is 2. The Bertz CT molecular complexity index is 1490. The van der Waals surface area contributed by atoms with E-state index >= 15 is 0 Å². The van der Waals surface area contributed by atoms with Crippen LogP contribution in [0.2, 0.25) is 0 Å². The van der Waals surface area contributed by atoms with E-state index in [1.54, 1.807) is 6.92 Å². The summed E-state index contributed by atoms with van der Waals surface area (Å²) in [5.41, 5.74) is 0.315. The third-order valence-electron chi connectivity index (χ3n) is 7.84. The molecule has 208 valence electrons. The first-order chi connectivity index (χ1) is 18.9. The summed E-state index contributed by atoms with van der Waals surface area (Å²) < 4.78 is 76.4. The van der Waals surface area contributed by atoms with Crippen molar-refractivity contribution in [1.29, 1.82) is 0 Å². The molecule has 2 aromatic carbocycles. The molecule has 0 spiro atoms. The van der Waals surface area contributed by atoms with Gasteiger partial charge in [-0.2, -0.15) is 0 Å². The van der Waals surface area contributed by atoms with Gasteiger partial charge in [-0.05, 0) is 49.4 Å². The maximum Gasteiger partial charge on any atom is 0.573 e. The van der Waals surface area contributed by atoms with Gasteiger partial charge < -0.3 is 20.1 Å². The zero-order valence-electron chi connectivity index (χ0n) is 20.8. The predicted molar refractivity (Wildman–Crippen MR) is 131 cm³/mol. The zero-order chi connectivity index (χ0) is 28.4. The molecule has 4 heterocycles. The molecule has 8 nitrogen and oxygen atoms in total. The van der Waals surface area contributed by atoms with E-state index in [0.29, 0.717) is 17.6 Å². The third-order valence-corrected chi connectivity index (χ3v) is 7.84. The smallest absolute Gasteiger partial charge is 0.404 e. The molecule has 0 bridgehead atoms. The standard InChI is InChI=1S/C27H21F5N4O4/c1-13(36-11-23-24(36)21(36)12-39-23)25(37)35-20-9-18(3-5-22(20)40-27(30,31)32)34-26(38)14-2-4-19(33-10-14)15-6-16(28)8-17(29)7-15/h2-10,13,21,23-24H,11-12H2,1H3,(H-,34,35,37,38)/p+1. The number of benzene rings is 2. The number of hydrogen-bond acceptors (Lipinski definition) is 5. The number of hydrogen-bond donors (Lipinski definition) is 2. The van der Waals surface area contributed by atoms with Crippen molar-refractivity contribution in [2.75, 3.05) is 23.8 Å². The number of rotatable bonds is 7. The molecular formula is C27H22F5N4O4+. The van der Waals surface area contributed by atoms with E-state index in [-0.39, 0.29) is 46.4 Å². The van der Waals surface area contributed by atoms with Gasteiger partial charge in [0.05, 0.1) is 16.9 Å². The molecule has 3 aliphatic heterocycles. The average Bonchev–Trinajstić information content (AvgIpc) is 3.21. The van der Waals surface area contributed by atoms with Crippen molar-refractivity contribution in [3.63, 3.8) is 0 Å². The molecular weight excluding hydrogens is 539 g/mol. The minimum absolute atomic E-state index is 0.0777. The normalized spacial score (nSPS) is 24.9. The fourth-order valence-electron chi connectivity index (χ4n) is 5.89. The summed E-state index contributed by atoms with van der Waals surface area (Å²) in [6.45, 7) is 2.98. The van der Waals surface area contributed by atoms with Crippen molar-refractivity contribution in [1.82, 2.24) is 4.98 Å². The number of nitrogens with zero attached hydrogens (tertiary/aromatic N) is 2. The van der Waals surface area contributed by atoms with Gasteiger partial charge in [0.25, 0.3) is 11.8 Å². The number of ether oxygens (including phenoxy) is 2. The molecule has 2 amide bonds. The van der Waals surface area contributed by atoms with E-state index < -0.39 is 41.6 Å². The Hall–Kier alpha value is -4.10. The number of morpholine rings is 2. The number of anilines is 2. The highest BCUT2D eigenvalue weighted by atomic mass is 19.4. The van der Waals surface area contributed by atoms with Crippen molar-refractivity contribution >= 4 is 23.2 Å². The van der Waals surface area contributed by atoms with E-state index in [2.05, 4.69) is 20.4 Å². The summed E-state index contributed by atoms with van der Waals surface area (Å²) in [6, 6.07) is 9.02. The maximum atomic E-state index is 13.5. The van der Waals surface area contributed by atoms with Crippen LogP contribution in [0.5, 0.6) is 5.75 Å². The van der Waals surface area contributed by atoms with E-state index in [4.69, 9.17) is 4.74 Å². The number of amides is 2. The second kappa shape index (κ2) is 9.24. The van der Waals surface area contributed by atoms with Gasteiger partial charge in [-0.1, -0.05) is 0 Å². The number of alkyl halides is 3. The first-order valence-corrected chi connectivity index (χ1v) is 12.4. The lowest BCUT2D eigenvalue weighted by Crippen LogP contribution is -2.62. The molecule has 5 unspecified atom stereocenters. The highest BCUT2D eigenvalue weighted by Gasteiger charge is 2.85. The van der Waals surface area contributed by atoms with Crippen LogP contribution in [-0.2, 0) is 9.53 Å². The van der Waals surface area contributed by atoms with Crippen LogP contribution in [0.25, 0.3) is 11.3 Å². The molecule has 0 aliphatic carbocycles. The highest BCUT2D eigenvalue weighted by molar-refractivity contribution is 6.05. The lowest BCUT2D eigenvalue weighted by atomic mass is 10.1. The Morgan fingerprint density at radius 3 is 2.42 bits per heavy atom. The number of carbonyl (C=O) groups excluding carboxylic acids is 2. The van der Waals surface area contributed by atoms with E-state index in [0.717, 1.165) is 24.3 Å². The first-order valence-electron chi connectivity index (χ1n) is 12.4. The molecule has 3 saturated heterocycles. The Morgan fingerprint density at radius 2 is 1.82 bits per heavy atom. The molecule has 3 aliphatic rings. The second-order valence-electron chi connectivity index (χ2n) is 10.1. The van der Waals surface area contributed by atoms with Crippen LogP contribution in [0.15, 0.2) is 54.7 Å². The lowest BCUT2D eigenvalue weighted by molar-refractivity contribution is -0.892. The summed E-state index contributed by atoms with van der Waals surface area (Å²) in [4.78, 5) is 29.9. The SMILES string of the molecule is CC(C(=O)Nc1cc(NC(=O)c2ccc(-c3cc(F)cc(F)c3)nc2)ccc1OC(F)(F)F)[N+]12CC3OCC1C32. The Morgan fingerprint density at radius 1 is 1.07 bits per heavy atom. The fourth-order valence-corrected chi connectivity index (χ4v) is 5.89. The summed E-state index contributed by atoms with van der Waals surface area (Å²) in [6.07, 6.45) is -3.69. The molecule has 13 heteroatoms. The first kappa shape index (κ1) is 26.1. The third kappa shape index (κ3) is 4.54. The maximum absolute atomic E-state index is 13.5. The molecule has 0 radical (unpaired) electrons. The van der Waals surface area contributed by atoms with Crippen LogP contribution in [0.3, 0.4) is 0 Å². The van der Waals surface area contributed by atoms with Crippen molar-refractivity contribution < 1.29 is 45.5 Å². The van der Waals surface area contributed by atoms with Crippen LogP contribution in [0.4, 0.5) is 33.3 Å². The van der Waals surface area contributed by atoms with Gasteiger partial charge in [-0.3, -0.25) is 19.1 Å². The van der Waals surface area contributed by atoms with Crippen molar-refractivity contribution in [2.24, 2.45) is 0 Å². The van der Waals surface area contributed by atoms with Gasteiger partial charge in [0.1, 0.15) is 24.8 Å². The minimum Gasteiger partial charge on any atom is -0.404 e. The van der Waals surface area contributed by atoms with E-state index in [1.807, 2.05) is 0 Å². The van der Waals surface area contributed by atoms with Crippen LogP contribution < -0.4 is 15.4 Å². The summed E-state index contributed by atoms with van der Waals surface area (Å²) in [7, 11) is 0. The summed E-state index contributed by atoms with van der Waals surface area (Å²) in [5.74, 6) is -3.31. The average molecular weight is 561 g/mol. The number of fused-ring (bicyclic) bond motifs is 1. The quantitative estimate of drug-likeness (QED) is 0.252. The highest BCUT2D eigenvalue weighted by Crippen LogP contribution is 2.59. The molecule has 3 fully saturated rings. The van der Waals surface area contributed by atoms with Crippen molar-refractivity contribution in [2.45, 2.75) is 37.5 Å². The van der Waals surface area contributed by atoms with Crippen LogP contribution in [0.1, 0.15) is 17.3 Å². The zero-order valence-corrected chi connectivity index (χ0v) is 20.8. The van der Waals surface area contributed by atoms with Gasteiger partial charge in [-0.25, -0.2) is 8.78 Å². The van der Waals surface area contributed by atoms with Gasteiger partial charge >= 0.3 is 6.36 Å². The van der Waals surface area contributed by atoms with E-state index in [1.165, 1.54) is 30.5 Å². The van der Waals surface area contributed by atoms with Crippen LogP contribution >= 0.6 is 0 Å². The minimum atomic E-state index is -5.01. The van der Waals surface area contributed by atoms with E-state index in [9.17, 15) is 31.5 Å². The number of nitrogens with one attached hydrogen (secondary N) is 2.